The zero-order chi connectivity index (χ0) is 17.8. The van der Waals surface area contributed by atoms with Gasteiger partial charge in [-0.25, -0.2) is 8.78 Å². The topological polar surface area (TPSA) is 20.2 Å². The summed E-state index contributed by atoms with van der Waals surface area (Å²) in [6.07, 6.45) is 3.69. The van der Waals surface area contributed by atoms with E-state index < -0.39 is 28.2 Å². The first kappa shape index (κ1) is 16.2. The molecule has 4 heteroatoms. The molecule has 1 nitrogen and oxygen atoms in total. The Bertz CT molecular complexity index is 859. The maximum absolute atomic E-state index is 15.2. The molecule has 25 heavy (non-hydrogen) atoms. The van der Waals surface area contributed by atoms with E-state index in [4.69, 9.17) is 0 Å². The Morgan fingerprint density at radius 1 is 0.840 bits per heavy atom. The van der Waals surface area contributed by atoms with Gasteiger partial charge < -0.3 is 5.11 Å². The monoisotopic (exact) mass is 344 g/mol. The second-order valence-electron chi connectivity index (χ2n) is 7.36. The minimum absolute atomic E-state index is 0.134. The molecule has 5 rings (SSSR count). The maximum Gasteiger partial charge on any atom is 0.200 e. The van der Waals surface area contributed by atoms with E-state index in [9.17, 15) is 13.9 Å². The number of rotatable bonds is 2. The summed E-state index contributed by atoms with van der Waals surface area (Å²) in [5.74, 6) is -3.32. The molecule has 3 aliphatic carbocycles. The lowest BCUT2D eigenvalue weighted by Crippen LogP contribution is -2.45. The Balaban J connectivity index is 1.80. The first-order valence-corrected chi connectivity index (χ1v) is 8.51. The van der Waals surface area contributed by atoms with Crippen LogP contribution in [0.2, 0.25) is 0 Å². The molecule has 0 saturated heterocycles. The van der Waals surface area contributed by atoms with Crippen molar-refractivity contribution >= 4 is 0 Å². The number of benzene rings is 2. The highest BCUT2D eigenvalue weighted by Crippen LogP contribution is 2.58. The highest BCUT2D eigenvalue weighted by Gasteiger charge is 2.52. The van der Waals surface area contributed by atoms with Gasteiger partial charge in [-0.15, -0.1) is 0 Å². The molecule has 2 bridgehead atoms. The molecule has 0 heterocycles. The Morgan fingerprint density at radius 2 is 1.48 bits per heavy atom. The van der Waals surface area contributed by atoms with Crippen molar-refractivity contribution < 1.29 is 18.3 Å². The van der Waals surface area contributed by atoms with Crippen molar-refractivity contribution in [2.45, 2.75) is 43.4 Å². The number of allylic oxidation sites excluding steroid dienone is 2. The molecule has 0 radical (unpaired) electrons. The lowest BCUT2D eigenvalue weighted by Gasteiger charge is -2.50. The lowest BCUT2D eigenvalue weighted by molar-refractivity contribution is 0.189. The van der Waals surface area contributed by atoms with Crippen LogP contribution in [0.15, 0.2) is 48.3 Å². The molecule has 0 unspecified atom stereocenters. The van der Waals surface area contributed by atoms with Gasteiger partial charge in [-0.05, 0) is 50.3 Å². The third-order valence-corrected chi connectivity index (χ3v) is 6.06. The standard InChI is InChI=1S/C21H19F3O/c1-13-2-4-14(5-3-13)21-10-8-20(9-11-21,12-17(21)22)15-6-7-16(25)19(24)18(15)23/h2-7,12,25H,8-11H2,1H3. The number of aryl methyl sites for hydroxylation is 1. The first-order chi connectivity index (χ1) is 11.9. The predicted octanol–water partition coefficient (Wildman–Crippen LogP) is 5.60. The summed E-state index contributed by atoms with van der Waals surface area (Å²) >= 11 is 0. The van der Waals surface area contributed by atoms with Crippen molar-refractivity contribution in [3.8, 4) is 5.75 Å². The van der Waals surface area contributed by atoms with Crippen LogP contribution < -0.4 is 0 Å². The van der Waals surface area contributed by atoms with Crippen LogP contribution in [0.5, 0.6) is 5.75 Å². The minimum Gasteiger partial charge on any atom is -0.505 e. The number of halogens is 3. The smallest absolute Gasteiger partial charge is 0.200 e. The molecule has 0 aromatic heterocycles. The van der Waals surface area contributed by atoms with E-state index >= 15 is 4.39 Å². The van der Waals surface area contributed by atoms with Crippen LogP contribution in [0.3, 0.4) is 0 Å². The fourth-order valence-electron chi connectivity index (χ4n) is 4.46. The quantitative estimate of drug-likeness (QED) is 0.752. The molecule has 1 saturated carbocycles. The van der Waals surface area contributed by atoms with Gasteiger partial charge in [0, 0.05) is 16.4 Å². The molecule has 0 amide bonds. The van der Waals surface area contributed by atoms with Crippen LogP contribution in [0, 0.1) is 18.6 Å². The van der Waals surface area contributed by atoms with Gasteiger partial charge in [0.05, 0.1) is 0 Å². The molecule has 1 N–H and O–H groups in total. The van der Waals surface area contributed by atoms with E-state index in [0.717, 1.165) is 17.2 Å². The third-order valence-electron chi connectivity index (χ3n) is 6.06. The molecule has 130 valence electrons. The molecule has 1 fully saturated rings. The van der Waals surface area contributed by atoms with Gasteiger partial charge in [0.1, 0.15) is 5.83 Å². The van der Waals surface area contributed by atoms with E-state index in [1.54, 1.807) is 0 Å². The van der Waals surface area contributed by atoms with Crippen LogP contribution in [-0.4, -0.2) is 5.11 Å². The van der Waals surface area contributed by atoms with Gasteiger partial charge in [-0.3, -0.25) is 0 Å². The fraction of sp³-hybridized carbons (Fsp3) is 0.333. The number of hydrogen-bond acceptors (Lipinski definition) is 1. The van der Waals surface area contributed by atoms with Crippen molar-refractivity contribution in [2.75, 3.05) is 0 Å². The average molecular weight is 344 g/mol. The molecular formula is C21H19F3O. The Kier molecular flexibility index (Phi) is 3.50. The Morgan fingerprint density at radius 3 is 2.08 bits per heavy atom. The molecule has 2 aromatic rings. The van der Waals surface area contributed by atoms with Crippen molar-refractivity contribution in [3.05, 3.63) is 76.6 Å². The second kappa shape index (κ2) is 5.38. The molecular weight excluding hydrogens is 325 g/mol. The maximum atomic E-state index is 15.2. The number of phenols is 1. The molecule has 0 atom stereocenters. The van der Waals surface area contributed by atoms with Gasteiger partial charge in [-0.1, -0.05) is 35.9 Å². The van der Waals surface area contributed by atoms with Gasteiger partial charge in [0.2, 0.25) is 5.82 Å². The van der Waals surface area contributed by atoms with Gasteiger partial charge in [0.15, 0.2) is 11.6 Å². The molecule has 0 aliphatic heterocycles. The van der Waals surface area contributed by atoms with E-state index in [-0.39, 0.29) is 11.4 Å². The summed E-state index contributed by atoms with van der Waals surface area (Å²) in [6.45, 7) is 1.99. The van der Waals surface area contributed by atoms with Crippen molar-refractivity contribution in [2.24, 2.45) is 0 Å². The van der Waals surface area contributed by atoms with E-state index in [2.05, 4.69) is 0 Å². The van der Waals surface area contributed by atoms with E-state index in [1.165, 1.54) is 12.1 Å². The third kappa shape index (κ3) is 2.23. The van der Waals surface area contributed by atoms with Crippen LogP contribution >= 0.6 is 0 Å². The zero-order valence-electron chi connectivity index (χ0n) is 14.0. The van der Waals surface area contributed by atoms with Crippen LogP contribution in [-0.2, 0) is 10.8 Å². The Hall–Kier alpha value is -2.23. The fourth-order valence-corrected chi connectivity index (χ4v) is 4.46. The largest absolute Gasteiger partial charge is 0.505 e. The number of hydrogen-bond donors (Lipinski definition) is 1. The normalized spacial score (nSPS) is 28.1. The second-order valence-corrected chi connectivity index (χ2v) is 7.36. The van der Waals surface area contributed by atoms with Crippen molar-refractivity contribution in [3.63, 3.8) is 0 Å². The van der Waals surface area contributed by atoms with Crippen LogP contribution in [0.25, 0.3) is 0 Å². The molecule has 3 aliphatic rings. The first-order valence-electron chi connectivity index (χ1n) is 8.51. The molecule has 0 spiro atoms. The molecule has 2 aromatic carbocycles. The highest BCUT2D eigenvalue weighted by molar-refractivity contribution is 5.47. The predicted molar refractivity (Wildman–Crippen MR) is 90.2 cm³/mol. The average Bonchev–Trinajstić information content (AvgIpc) is 2.61. The highest BCUT2D eigenvalue weighted by atomic mass is 19.2. The SMILES string of the molecule is Cc1ccc(C23CCC(c4ccc(O)c(F)c4F)(C=C2F)CC3)cc1. The number of phenolic OH excluding ortho intramolecular Hbond substituents is 1. The summed E-state index contributed by atoms with van der Waals surface area (Å²) in [6, 6.07) is 10.4. The summed E-state index contributed by atoms with van der Waals surface area (Å²) in [4.78, 5) is 0. The van der Waals surface area contributed by atoms with Crippen molar-refractivity contribution in [1.29, 1.82) is 0 Å². The number of fused-ring (bicyclic) bond motifs is 2. The summed E-state index contributed by atoms with van der Waals surface area (Å²) < 4.78 is 43.4. The number of aromatic hydroxyl groups is 1. The van der Waals surface area contributed by atoms with Crippen LogP contribution in [0.4, 0.5) is 13.2 Å². The van der Waals surface area contributed by atoms with Gasteiger partial charge >= 0.3 is 0 Å². The Labute approximate surface area is 144 Å². The van der Waals surface area contributed by atoms with E-state index in [0.29, 0.717) is 25.7 Å². The summed E-state index contributed by atoms with van der Waals surface area (Å²) in [5.41, 5.74) is 0.705. The van der Waals surface area contributed by atoms with Crippen LogP contribution in [0.1, 0.15) is 42.4 Å². The lowest BCUT2D eigenvalue weighted by atomic mass is 9.53. The zero-order valence-corrected chi connectivity index (χ0v) is 14.0. The summed E-state index contributed by atoms with van der Waals surface area (Å²) in [7, 11) is 0. The minimum atomic E-state index is -1.26. The summed E-state index contributed by atoms with van der Waals surface area (Å²) in [5, 5.41) is 9.35. The van der Waals surface area contributed by atoms with Crippen molar-refractivity contribution in [1.82, 2.24) is 0 Å². The van der Waals surface area contributed by atoms with Gasteiger partial charge in [0.25, 0.3) is 0 Å². The van der Waals surface area contributed by atoms with E-state index in [1.807, 2.05) is 31.2 Å². The van der Waals surface area contributed by atoms with Gasteiger partial charge in [-0.2, -0.15) is 4.39 Å².